The predicted molar refractivity (Wildman–Crippen MR) is 77.9 cm³/mol. The van der Waals surface area contributed by atoms with Crippen molar-refractivity contribution in [2.75, 3.05) is 5.32 Å². The third-order valence-corrected chi connectivity index (χ3v) is 4.55. The Morgan fingerprint density at radius 2 is 1.85 bits per heavy atom. The predicted octanol–water partition coefficient (Wildman–Crippen LogP) is 2.99. The minimum atomic E-state index is -0.922. The van der Waals surface area contributed by atoms with Crippen LogP contribution in [0.25, 0.3) is 0 Å². The van der Waals surface area contributed by atoms with Crippen LogP contribution in [-0.2, 0) is 9.59 Å². The van der Waals surface area contributed by atoms with Gasteiger partial charge in [0.1, 0.15) is 5.41 Å². The van der Waals surface area contributed by atoms with Gasteiger partial charge in [0.05, 0.1) is 15.7 Å². The van der Waals surface area contributed by atoms with Crippen LogP contribution in [0.2, 0.25) is 10.0 Å². The molecular weight excluding hydrogens is 299 g/mol. The zero-order valence-electron chi connectivity index (χ0n) is 10.7. The third kappa shape index (κ3) is 2.50. The Bertz CT molecular complexity index is 581. The molecule has 3 rings (SSSR count). The monoisotopic (exact) mass is 312 g/mol. The number of hydrogen-bond acceptors (Lipinski definition) is 2. The van der Waals surface area contributed by atoms with E-state index in [4.69, 9.17) is 23.2 Å². The summed E-state index contributed by atoms with van der Waals surface area (Å²) in [6.45, 7) is 0. The van der Waals surface area contributed by atoms with Gasteiger partial charge in [0.15, 0.2) is 0 Å². The Morgan fingerprint density at radius 3 is 2.45 bits per heavy atom. The lowest BCUT2D eigenvalue weighted by molar-refractivity contribution is -0.134. The number of carbonyl (C=O) groups excluding carboxylic acids is 2. The Labute approximate surface area is 126 Å². The van der Waals surface area contributed by atoms with Gasteiger partial charge in [-0.3, -0.25) is 9.59 Å². The fraction of sp³-hybridized carbons (Fsp3) is 0.429. The minimum absolute atomic E-state index is 0.171. The van der Waals surface area contributed by atoms with Gasteiger partial charge in [-0.05, 0) is 37.8 Å². The number of anilines is 1. The molecule has 0 bridgehead atoms. The largest absolute Gasteiger partial charge is 0.352 e. The van der Waals surface area contributed by atoms with Gasteiger partial charge < -0.3 is 10.6 Å². The zero-order chi connectivity index (χ0) is 14.3. The number of amides is 2. The van der Waals surface area contributed by atoms with Crippen molar-refractivity contribution in [3.63, 3.8) is 0 Å². The lowest BCUT2D eigenvalue weighted by atomic mass is 10.0. The Hall–Kier alpha value is -1.26. The van der Waals surface area contributed by atoms with E-state index in [1.165, 1.54) is 0 Å². The SMILES string of the molecule is O=C(Nc1cccc(Cl)c1Cl)C1(C(=O)NC2CC2)CC1. The fourth-order valence-electron chi connectivity index (χ4n) is 2.08. The molecule has 2 fully saturated rings. The van der Waals surface area contributed by atoms with Gasteiger partial charge in [0.2, 0.25) is 11.8 Å². The van der Waals surface area contributed by atoms with Crippen molar-refractivity contribution >= 4 is 40.7 Å². The van der Waals surface area contributed by atoms with Gasteiger partial charge in [-0.25, -0.2) is 0 Å². The Kier molecular flexibility index (Phi) is 3.38. The summed E-state index contributed by atoms with van der Waals surface area (Å²) in [5.74, 6) is -0.476. The van der Waals surface area contributed by atoms with Crippen molar-refractivity contribution in [3.8, 4) is 0 Å². The van der Waals surface area contributed by atoms with E-state index < -0.39 is 5.41 Å². The Balaban J connectivity index is 1.72. The molecule has 4 nitrogen and oxygen atoms in total. The maximum absolute atomic E-state index is 12.3. The van der Waals surface area contributed by atoms with Crippen molar-refractivity contribution in [3.05, 3.63) is 28.2 Å². The Morgan fingerprint density at radius 1 is 1.15 bits per heavy atom. The minimum Gasteiger partial charge on any atom is -0.352 e. The number of nitrogens with one attached hydrogen (secondary N) is 2. The van der Waals surface area contributed by atoms with Gasteiger partial charge in [0.25, 0.3) is 0 Å². The lowest BCUT2D eigenvalue weighted by Crippen LogP contribution is -2.40. The quantitative estimate of drug-likeness (QED) is 0.840. The molecule has 1 aromatic rings. The van der Waals surface area contributed by atoms with Crippen LogP contribution in [0.3, 0.4) is 0 Å². The smallest absolute Gasteiger partial charge is 0.240 e. The van der Waals surface area contributed by atoms with E-state index in [0.717, 1.165) is 12.8 Å². The second-order valence-corrected chi connectivity index (χ2v) is 6.17. The molecule has 1 aromatic carbocycles. The van der Waals surface area contributed by atoms with E-state index >= 15 is 0 Å². The highest BCUT2D eigenvalue weighted by atomic mass is 35.5. The molecule has 2 aliphatic rings. The van der Waals surface area contributed by atoms with Crippen LogP contribution in [-0.4, -0.2) is 17.9 Å². The average molecular weight is 313 g/mol. The van der Waals surface area contributed by atoms with E-state index in [1.807, 2.05) is 0 Å². The molecule has 2 aliphatic carbocycles. The number of hydrogen-bond donors (Lipinski definition) is 2. The van der Waals surface area contributed by atoms with Gasteiger partial charge in [0, 0.05) is 6.04 Å². The first-order valence-corrected chi connectivity index (χ1v) is 7.35. The zero-order valence-corrected chi connectivity index (χ0v) is 12.2. The summed E-state index contributed by atoms with van der Waals surface area (Å²) < 4.78 is 0. The topological polar surface area (TPSA) is 58.2 Å². The maximum atomic E-state index is 12.3. The molecule has 20 heavy (non-hydrogen) atoms. The molecule has 0 spiro atoms. The van der Waals surface area contributed by atoms with Crippen LogP contribution in [0.4, 0.5) is 5.69 Å². The summed E-state index contributed by atoms with van der Waals surface area (Å²) in [4.78, 5) is 24.5. The first kappa shape index (κ1) is 13.7. The molecule has 2 saturated carbocycles. The molecule has 0 aromatic heterocycles. The normalized spacial score (nSPS) is 19.3. The van der Waals surface area contributed by atoms with Crippen molar-refractivity contribution < 1.29 is 9.59 Å². The second-order valence-electron chi connectivity index (χ2n) is 5.39. The highest BCUT2D eigenvalue weighted by Gasteiger charge is 2.57. The number of rotatable bonds is 4. The average Bonchev–Trinajstić information content (AvgIpc) is 3.27. The van der Waals surface area contributed by atoms with E-state index in [2.05, 4.69) is 10.6 Å². The molecule has 0 saturated heterocycles. The fourth-order valence-corrected chi connectivity index (χ4v) is 2.42. The molecule has 0 heterocycles. The van der Waals surface area contributed by atoms with Gasteiger partial charge in [-0.15, -0.1) is 0 Å². The van der Waals surface area contributed by atoms with Crippen LogP contribution in [0.1, 0.15) is 25.7 Å². The summed E-state index contributed by atoms with van der Waals surface area (Å²) in [5, 5.41) is 6.27. The molecule has 0 aliphatic heterocycles. The third-order valence-electron chi connectivity index (χ3n) is 3.73. The number of carbonyl (C=O) groups is 2. The highest BCUT2D eigenvalue weighted by Crippen LogP contribution is 2.47. The van der Waals surface area contributed by atoms with Crippen LogP contribution in [0.5, 0.6) is 0 Å². The van der Waals surface area contributed by atoms with Gasteiger partial charge in [-0.2, -0.15) is 0 Å². The molecule has 0 unspecified atom stereocenters. The summed E-state index contributed by atoms with van der Waals surface area (Å²) >= 11 is 11.9. The van der Waals surface area contributed by atoms with E-state index in [0.29, 0.717) is 28.6 Å². The molecule has 6 heteroatoms. The highest BCUT2D eigenvalue weighted by molar-refractivity contribution is 6.44. The second kappa shape index (κ2) is 4.93. The van der Waals surface area contributed by atoms with Gasteiger partial charge >= 0.3 is 0 Å². The summed E-state index contributed by atoms with van der Waals surface area (Å²) in [5.41, 5.74) is -0.483. The van der Waals surface area contributed by atoms with E-state index in [-0.39, 0.29) is 17.9 Å². The number of halogens is 2. The first-order valence-electron chi connectivity index (χ1n) is 6.59. The van der Waals surface area contributed by atoms with Crippen LogP contribution in [0.15, 0.2) is 18.2 Å². The van der Waals surface area contributed by atoms with Crippen molar-refractivity contribution in [2.24, 2.45) is 5.41 Å². The van der Waals surface area contributed by atoms with Crippen molar-refractivity contribution in [1.82, 2.24) is 5.32 Å². The van der Waals surface area contributed by atoms with Crippen molar-refractivity contribution in [1.29, 1.82) is 0 Å². The standard InChI is InChI=1S/C14H14Cl2N2O2/c15-9-2-1-3-10(11(9)16)18-13(20)14(6-7-14)12(19)17-8-4-5-8/h1-3,8H,4-7H2,(H,17,19)(H,18,20). The summed E-state index contributed by atoms with van der Waals surface area (Å²) in [6, 6.07) is 5.27. The van der Waals surface area contributed by atoms with E-state index in [9.17, 15) is 9.59 Å². The number of benzene rings is 1. The van der Waals surface area contributed by atoms with E-state index in [1.54, 1.807) is 18.2 Å². The van der Waals surface area contributed by atoms with Crippen LogP contribution < -0.4 is 10.6 Å². The summed E-state index contributed by atoms with van der Waals surface area (Å²) in [6.07, 6.45) is 3.16. The molecule has 2 N–H and O–H groups in total. The summed E-state index contributed by atoms with van der Waals surface area (Å²) in [7, 11) is 0. The molecular formula is C14H14Cl2N2O2. The first-order chi connectivity index (χ1) is 9.53. The van der Waals surface area contributed by atoms with Crippen LogP contribution >= 0.6 is 23.2 Å². The molecule has 106 valence electrons. The molecule has 2 amide bonds. The molecule has 0 atom stereocenters. The lowest BCUT2D eigenvalue weighted by Gasteiger charge is -2.16. The van der Waals surface area contributed by atoms with Crippen molar-refractivity contribution in [2.45, 2.75) is 31.7 Å². The molecule has 0 radical (unpaired) electrons. The van der Waals surface area contributed by atoms with Gasteiger partial charge in [-0.1, -0.05) is 29.3 Å². The maximum Gasteiger partial charge on any atom is 0.240 e. The van der Waals surface area contributed by atoms with Crippen LogP contribution in [0, 0.1) is 5.41 Å².